The van der Waals surface area contributed by atoms with Crippen molar-refractivity contribution in [2.24, 2.45) is 0 Å². The van der Waals surface area contributed by atoms with Gasteiger partial charge in [0.2, 0.25) is 0 Å². The van der Waals surface area contributed by atoms with Gasteiger partial charge in [0.05, 0.1) is 16.2 Å². The second-order valence-corrected chi connectivity index (χ2v) is 5.56. The van der Waals surface area contributed by atoms with Crippen molar-refractivity contribution < 1.29 is 10.0 Å². The van der Waals surface area contributed by atoms with E-state index in [0.717, 1.165) is 24.5 Å². The number of piperazine rings is 1. The van der Waals surface area contributed by atoms with Gasteiger partial charge >= 0.3 is 0 Å². The molecule has 2 aromatic carbocycles. The molecule has 3 rings (SSSR count). The lowest BCUT2D eigenvalue weighted by atomic mass is 10.1. The number of nitro benzene ring substituents is 1. The number of nitrogens with zero attached hydrogens (tertiary/aromatic N) is 4. The highest BCUT2D eigenvalue weighted by atomic mass is 16.6. The molecule has 1 fully saturated rings. The van der Waals surface area contributed by atoms with E-state index < -0.39 is 4.92 Å². The summed E-state index contributed by atoms with van der Waals surface area (Å²) in [5.74, 6) is 0.233. The van der Waals surface area contributed by atoms with Crippen molar-refractivity contribution in [1.29, 1.82) is 5.26 Å². The van der Waals surface area contributed by atoms with Crippen LogP contribution in [0.25, 0.3) is 0 Å². The number of nitriles is 1. The first kappa shape index (κ1) is 15.6. The summed E-state index contributed by atoms with van der Waals surface area (Å²) in [6.45, 7) is 2.88. The Morgan fingerprint density at radius 2 is 1.79 bits per heavy atom. The van der Waals surface area contributed by atoms with Gasteiger partial charge in [0, 0.05) is 50.1 Å². The molecule has 0 atom stereocenters. The summed E-state index contributed by atoms with van der Waals surface area (Å²) >= 11 is 0. The summed E-state index contributed by atoms with van der Waals surface area (Å²) in [6, 6.07) is 13.5. The summed E-state index contributed by atoms with van der Waals surface area (Å²) in [7, 11) is 0. The maximum atomic E-state index is 10.8. The van der Waals surface area contributed by atoms with Gasteiger partial charge in [-0.2, -0.15) is 5.26 Å². The van der Waals surface area contributed by atoms with Crippen molar-refractivity contribution >= 4 is 17.1 Å². The minimum Gasteiger partial charge on any atom is -0.508 e. The lowest BCUT2D eigenvalue weighted by molar-refractivity contribution is -0.384. The number of anilines is 2. The quantitative estimate of drug-likeness (QED) is 0.688. The van der Waals surface area contributed by atoms with Gasteiger partial charge < -0.3 is 14.9 Å². The van der Waals surface area contributed by atoms with Crippen LogP contribution in [-0.4, -0.2) is 36.2 Å². The van der Waals surface area contributed by atoms with Crippen molar-refractivity contribution in [2.75, 3.05) is 36.0 Å². The van der Waals surface area contributed by atoms with Crippen molar-refractivity contribution in [1.82, 2.24) is 0 Å². The van der Waals surface area contributed by atoms with Crippen LogP contribution >= 0.6 is 0 Å². The van der Waals surface area contributed by atoms with Crippen LogP contribution in [0.3, 0.4) is 0 Å². The molecule has 0 spiro atoms. The summed E-state index contributed by atoms with van der Waals surface area (Å²) in [5.41, 5.74) is 1.92. The van der Waals surface area contributed by atoms with Gasteiger partial charge in [-0.3, -0.25) is 10.1 Å². The van der Waals surface area contributed by atoms with Gasteiger partial charge in [-0.1, -0.05) is 6.07 Å². The molecule has 0 aromatic heterocycles. The Balaban J connectivity index is 1.75. The molecule has 0 unspecified atom stereocenters. The van der Waals surface area contributed by atoms with Gasteiger partial charge in [0.15, 0.2) is 0 Å². The van der Waals surface area contributed by atoms with Crippen LogP contribution in [0.2, 0.25) is 0 Å². The third kappa shape index (κ3) is 3.08. The first-order chi connectivity index (χ1) is 11.6. The minimum absolute atomic E-state index is 0.0753. The van der Waals surface area contributed by atoms with E-state index in [1.165, 1.54) is 12.1 Å². The first-order valence-electron chi connectivity index (χ1n) is 7.56. The molecule has 24 heavy (non-hydrogen) atoms. The van der Waals surface area contributed by atoms with Gasteiger partial charge in [0.25, 0.3) is 5.69 Å². The fourth-order valence-electron chi connectivity index (χ4n) is 2.90. The second kappa shape index (κ2) is 6.46. The molecule has 2 aromatic rings. The fraction of sp³-hybridized carbons (Fsp3) is 0.235. The lowest BCUT2D eigenvalue weighted by Gasteiger charge is -2.37. The fourth-order valence-corrected chi connectivity index (χ4v) is 2.90. The molecular formula is C17H16N4O3. The Labute approximate surface area is 139 Å². The molecule has 1 heterocycles. The largest absolute Gasteiger partial charge is 0.508 e. The number of phenols is 1. The third-order valence-electron chi connectivity index (χ3n) is 4.13. The SMILES string of the molecule is N#Cc1cc([N+](=O)[O-])ccc1N1CCN(c2cccc(O)c2)CC1. The van der Waals surface area contributed by atoms with E-state index in [4.69, 9.17) is 0 Å². The molecular weight excluding hydrogens is 308 g/mol. The highest BCUT2D eigenvalue weighted by Crippen LogP contribution is 2.27. The van der Waals surface area contributed by atoms with Crippen LogP contribution in [0.1, 0.15) is 5.56 Å². The second-order valence-electron chi connectivity index (χ2n) is 5.56. The number of hydrogen-bond donors (Lipinski definition) is 1. The molecule has 7 nitrogen and oxygen atoms in total. The topological polar surface area (TPSA) is 93.6 Å². The molecule has 0 aliphatic carbocycles. The predicted molar refractivity (Wildman–Crippen MR) is 90.3 cm³/mol. The monoisotopic (exact) mass is 324 g/mol. The van der Waals surface area contributed by atoms with Gasteiger partial charge in [-0.15, -0.1) is 0 Å². The van der Waals surface area contributed by atoms with Crippen LogP contribution in [-0.2, 0) is 0 Å². The van der Waals surface area contributed by atoms with Crippen molar-refractivity contribution in [3.8, 4) is 11.8 Å². The van der Waals surface area contributed by atoms with Gasteiger partial charge in [-0.25, -0.2) is 0 Å². The number of benzene rings is 2. The van der Waals surface area contributed by atoms with Crippen molar-refractivity contribution in [3.63, 3.8) is 0 Å². The number of rotatable bonds is 3. The molecule has 7 heteroatoms. The number of aromatic hydroxyl groups is 1. The maximum Gasteiger partial charge on any atom is 0.270 e. The highest BCUT2D eigenvalue weighted by Gasteiger charge is 2.21. The van der Waals surface area contributed by atoms with E-state index in [0.29, 0.717) is 18.7 Å². The van der Waals surface area contributed by atoms with E-state index in [-0.39, 0.29) is 11.4 Å². The first-order valence-corrected chi connectivity index (χ1v) is 7.56. The predicted octanol–water partition coefficient (Wildman–Crippen LogP) is 2.50. The number of hydrogen-bond acceptors (Lipinski definition) is 6. The van der Waals surface area contributed by atoms with Gasteiger partial charge in [-0.05, 0) is 18.2 Å². The zero-order valence-corrected chi connectivity index (χ0v) is 12.9. The molecule has 0 bridgehead atoms. The van der Waals surface area contributed by atoms with Crippen LogP contribution in [0, 0.1) is 21.4 Å². The zero-order valence-electron chi connectivity index (χ0n) is 12.9. The Bertz CT molecular complexity index is 808. The van der Waals surface area contributed by atoms with E-state index >= 15 is 0 Å². The summed E-state index contributed by atoms with van der Waals surface area (Å²) in [6.07, 6.45) is 0. The zero-order chi connectivity index (χ0) is 17.1. The Morgan fingerprint density at radius 3 is 2.42 bits per heavy atom. The molecule has 1 aliphatic rings. The normalized spacial score (nSPS) is 14.3. The van der Waals surface area contributed by atoms with E-state index in [2.05, 4.69) is 9.80 Å². The van der Waals surface area contributed by atoms with Crippen LogP contribution in [0.5, 0.6) is 5.75 Å². The van der Waals surface area contributed by atoms with E-state index in [1.807, 2.05) is 12.1 Å². The molecule has 0 radical (unpaired) electrons. The molecule has 122 valence electrons. The number of nitro groups is 1. The molecule has 0 amide bonds. The molecule has 1 N–H and O–H groups in total. The third-order valence-corrected chi connectivity index (χ3v) is 4.13. The standard InChI is InChI=1S/C17H16N4O3/c18-12-13-10-15(21(23)24)4-5-17(13)20-8-6-19(7-9-20)14-2-1-3-16(22)11-14/h1-5,10-11,22H,6-9H2. The number of phenolic OH excluding ortho intramolecular Hbond substituents is 1. The maximum absolute atomic E-state index is 10.8. The molecule has 1 saturated heterocycles. The van der Waals surface area contributed by atoms with E-state index in [1.54, 1.807) is 24.3 Å². The minimum atomic E-state index is -0.496. The molecule has 1 aliphatic heterocycles. The van der Waals surface area contributed by atoms with Gasteiger partial charge in [0.1, 0.15) is 11.8 Å². The summed E-state index contributed by atoms with van der Waals surface area (Å²) in [4.78, 5) is 14.6. The lowest BCUT2D eigenvalue weighted by Crippen LogP contribution is -2.46. The number of non-ortho nitro benzene ring substituents is 1. The summed E-state index contributed by atoms with van der Waals surface area (Å²) < 4.78 is 0. The van der Waals surface area contributed by atoms with Crippen LogP contribution in [0.4, 0.5) is 17.1 Å². The Hall–Kier alpha value is -3.27. The van der Waals surface area contributed by atoms with Crippen molar-refractivity contribution in [3.05, 3.63) is 58.1 Å². The van der Waals surface area contributed by atoms with Crippen LogP contribution < -0.4 is 9.80 Å². The smallest absolute Gasteiger partial charge is 0.270 e. The molecule has 0 saturated carbocycles. The summed E-state index contributed by atoms with van der Waals surface area (Å²) in [5, 5.41) is 29.7. The van der Waals surface area contributed by atoms with Crippen LogP contribution in [0.15, 0.2) is 42.5 Å². The highest BCUT2D eigenvalue weighted by molar-refractivity contribution is 5.64. The average molecular weight is 324 g/mol. The Kier molecular flexibility index (Phi) is 4.20. The van der Waals surface area contributed by atoms with Crippen molar-refractivity contribution in [2.45, 2.75) is 0 Å². The Morgan fingerprint density at radius 1 is 1.08 bits per heavy atom. The van der Waals surface area contributed by atoms with E-state index in [9.17, 15) is 20.5 Å². The average Bonchev–Trinajstić information content (AvgIpc) is 2.61.